The summed E-state index contributed by atoms with van der Waals surface area (Å²) in [5, 5.41) is 2.76. The fraction of sp³-hybridized carbons (Fsp3) is 0.545. The molecular formula is C22H23F5N6O. The molecule has 2 saturated heterocycles. The number of nitrogens with one attached hydrogen (secondary N) is 1. The van der Waals surface area contributed by atoms with Crippen LogP contribution in [0.1, 0.15) is 36.9 Å². The molecule has 0 radical (unpaired) electrons. The number of aromatic nitrogens is 3. The van der Waals surface area contributed by atoms with Crippen molar-refractivity contribution in [2.45, 2.75) is 37.8 Å². The van der Waals surface area contributed by atoms with Gasteiger partial charge in [-0.1, -0.05) is 6.92 Å². The van der Waals surface area contributed by atoms with Crippen molar-refractivity contribution < 1.29 is 26.7 Å². The van der Waals surface area contributed by atoms with E-state index in [2.05, 4.69) is 20.3 Å². The van der Waals surface area contributed by atoms with Crippen molar-refractivity contribution in [2.75, 3.05) is 36.4 Å². The largest absolute Gasteiger partial charge is 0.416 e. The molecule has 3 fully saturated rings. The fourth-order valence-electron chi connectivity index (χ4n) is 4.43. The van der Waals surface area contributed by atoms with Crippen LogP contribution in [0, 0.1) is 11.8 Å². The first-order chi connectivity index (χ1) is 16.0. The van der Waals surface area contributed by atoms with Gasteiger partial charge in [-0.25, -0.2) is 18.7 Å². The van der Waals surface area contributed by atoms with E-state index < -0.39 is 30.8 Å². The summed E-state index contributed by atoms with van der Waals surface area (Å²) in [4.78, 5) is 28.4. The highest BCUT2D eigenvalue weighted by Crippen LogP contribution is 2.41. The van der Waals surface area contributed by atoms with Gasteiger partial charge in [-0.05, 0) is 30.9 Å². The average molecular weight is 482 g/mol. The monoisotopic (exact) mass is 482 g/mol. The topological polar surface area (TPSA) is 74.2 Å². The van der Waals surface area contributed by atoms with Gasteiger partial charge in [0.25, 0.3) is 5.92 Å². The molecule has 7 nitrogen and oxygen atoms in total. The van der Waals surface area contributed by atoms with Gasteiger partial charge in [0, 0.05) is 37.2 Å². The Bertz CT molecular complexity index is 1100. The average Bonchev–Trinajstić information content (AvgIpc) is 3.28. The second-order valence-corrected chi connectivity index (χ2v) is 9.33. The second-order valence-electron chi connectivity index (χ2n) is 9.33. The van der Waals surface area contributed by atoms with Crippen LogP contribution in [0.2, 0.25) is 0 Å². The van der Waals surface area contributed by atoms with Crippen molar-refractivity contribution >= 4 is 23.5 Å². The molecule has 3 aliphatic rings. The maximum Gasteiger partial charge on any atom is 0.416 e. The minimum Gasteiger partial charge on any atom is -0.342 e. The van der Waals surface area contributed by atoms with Crippen LogP contribution in [0.25, 0.3) is 0 Å². The maximum absolute atomic E-state index is 13.5. The maximum atomic E-state index is 13.5. The Morgan fingerprint density at radius 3 is 2.56 bits per heavy atom. The van der Waals surface area contributed by atoms with E-state index in [9.17, 15) is 26.7 Å². The van der Waals surface area contributed by atoms with Crippen LogP contribution in [0.4, 0.5) is 39.5 Å². The van der Waals surface area contributed by atoms with E-state index in [1.54, 1.807) is 11.0 Å². The van der Waals surface area contributed by atoms with Crippen molar-refractivity contribution in [1.82, 2.24) is 19.9 Å². The first kappa shape index (κ1) is 22.7. The lowest BCUT2D eigenvalue weighted by atomic mass is 10.0. The number of halogens is 5. The molecule has 0 aromatic carbocycles. The van der Waals surface area contributed by atoms with E-state index in [-0.39, 0.29) is 35.3 Å². The summed E-state index contributed by atoms with van der Waals surface area (Å²) in [7, 11) is 0. The van der Waals surface area contributed by atoms with Crippen LogP contribution >= 0.6 is 0 Å². The number of nitrogens with zero attached hydrogens (tertiary/aromatic N) is 5. The standard InChI is InChI=1S/C22H23F5N6O/c1-12-6-15(12)19(34)32-5-3-13(9-32)16-8-18(31-20(29-16)33-10-21(23,24)11-33)30-17-7-14(2-4-28-17)22(25,26)27/h2,4,7-8,12-13,15H,3,5-6,9-11H2,1H3,(H,28,29,30,31). The molecule has 0 bridgehead atoms. The third-order valence-corrected chi connectivity index (χ3v) is 6.55. The van der Waals surface area contributed by atoms with E-state index in [1.807, 2.05) is 6.92 Å². The van der Waals surface area contributed by atoms with Gasteiger partial charge < -0.3 is 15.1 Å². The molecule has 1 aliphatic carbocycles. The van der Waals surface area contributed by atoms with Gasteiger partial charge in [0.15, 0.2) is 0 Å². The van der Waals surface area contributed by atoms with Gasteiger partial charge in [-0.2, -0.15) is 18.2 Å². The van der Waals surface area contributed by atoms with Gasteiger partial charge in [-0.3, -0.25) is 4.79 Å². The summed E-state index contributed by atoms with van der Waals surface area (Å²) >= 11 is 0. The molecule has 5 rings (SSSR count). The highest BCUT2D eigenvalue weighted by atomic mass is 19.4. The van der Waals surface area contributed by atoms with Crippen molar-refractivity contribution in [1.29, 1.82) is 0 Å². The van der Waals surface area contributed by atoms with Crippen molar-refractivity contribution in [3.63, 3.8) is 0 Å². The molecule has 4 heterocycles. The van der Waals surface area contributed by atoms with Gasteiger partial charge in [0.05, 0.1) is 24.3 Å². The predicted molar refractivity (Wildman–Crippen MR) is 113 cm³/mol. The molecule has 1 N–H and O–H groups in total. The number of anilines is 3. The van der Waals surface area contributed by atoms with Crippen LogP contribution < -0.4 is 10.2 Å². The Labute approximate surface area is 192 Å². The van der Waals surface area contributed by atoms with E-state index in [4.69, 9.17) is 0 Å². The molecule has 12 heteroatoms. The first-order valence-corrected chi connectivity index (χ1v) is 11.1. The highest BCUT2D eigenvalue weighted by Gasteiger charge is 2.46. The summed E-state index contributed by atoms with van der Waals surface area (Å²) in [5.41, 5.74) is -0.324. The molecule has 2 aliphatic heterocycles. The lowest BCUT2D eigenvalue weighted by Crippen LogP contribution is -2.57. The van der Waals surface area contributed by atoms with Crippen LogP contribution in [0.3, 0.4) is 0 Å². The summed E-state index contributed by atoms with van der Waals surface area (Å²) in [6.45, 7) is 2.00. The van der Waals surface area contributed by atoms with E-state index in [0.717, 1.165) is 24.8 Å². The third-order valence-electron chi connectivity index (χ3n) is 6.55. The second kappa shape index (κ2) is 8.02. The molecule has 3 unspecified atom stereocenters. The van der Waals surface area contributed by atoms with Gasteiger partial charge in [0.1, 0.15) is 11.6 Å². The highest BCUT2D eigenvalue weighted by molar-refractivity contribution is 5.82. The molecule has 3 atom stereocenters. The van der Waals surface area contributed by atoms with Crippen molar-refractivity contribution in [3.8, 4) is 0 Å². The molecule has 34 heavy (non-hydrogen) atoms. The number of hydrogen-bond donors (Lipinski definition) is 1. The number of alkyl halides is 5. The number of hydrogen-bond acceptors (Lipinski definition) is 6. The smallest absolute Gasteiger partial charge is 0.342 e. The van der Waals surface area contributed by atoms with Crippen LogP contribution in [-0.2, 0) is 11.0 Å². The number of carbonyl (C=O) groups excluding carboxylic acids is 1. The van der Waals surface area contributed by atoms with E-state index in [1.165, 1.54) is 4.90 Å². The van der Waals surface area contributed by atoms with Crippen LogP contribution in [0.5, 0.6) is 0 Å². The zero-order chi connectivity index (χ0) is 24.3. The summed E-state index contributed by atoms with van der Waals surface area (Å²) < 4.78 is 66.1. The third kappa shape index (κ3) is 4.62. The minimum atomic E-state index is -4.54. The minimum absolute atomic E-state index is 0.0623. The molecule has 1 amide bonds. The van der Waals surface area contributed by atoms with Crippen LogP contribution in [-0.4, -0.2) is 57.9 Å². The van der Waals surface area contributed by atoms with Gasteiger partial charge >= 0.3 is 6.18 Å². The van der Waals surface area contributed by atoms with Gasteiger partial charge in [0.2, 0.25) is 11.9 Å². The summed E-state index contributed by atoms with van der Waals surface area (Å²) in [5.74, 6) is -2.25. The number of likely N-dealkylation sites (tertiary alicyclic amines) is 1. The first-order valence-electron chi connectivity index (χ1n) is 11.1. The fourth-order valence-corrected chi connectivity index (χ4v) is 4.43. The normalized spacial score (nSPS) is 25.8. The Morgan fingerprint density at radius 2 is 1.91 bits per heavy atom. The zero-order valence-electron chi connectivity index (χ0n) is 18.3. The lowest BCUT2D eigenvalue weighted by molar-refractivity contribution is -0.137. The summed E-state index contributed by atoms with van der Waals surface area (Å²) in [6, 6.07) is 3.29. The number of pyridine rings is 1. The summed E-state index contributed by atoms with van der Waals surface area (Å²) in [6.07, 6.45) is -1.97. The van der Waals surface area contributed by atoms with Crippen LogP contribution in [0.15, 0.2) is 24.4 Å². The lowest BCUT2D eigenvalue weighted by Gasteiger charge is -2.38. The SMILES string of the molecule is CC1CC1C(=O)N1CCC(c2cc(Nc3cc(C(F)(F)F)ccn3)nc(N3CC(F)(F)C3)n2)C1. The zero-order valence-corrected chi connectivity index (χ0v) is 18.3. The molecule has 182 valence electrons. The number of rotatable bonds is 5. The predicted octanol–water partition coefficient (Wildman–Crippen LogP) is 4.06. The molecule has 2 aromatic heterocycles. The van der Waals surface area contributed by atoms with Crippen molar-refractivity contribution in [3.05, 3.63) is 35.7 Å². The molecule has 1 saturated carbocycles. The Kier molecular flexibility index (Phi) is 5.36. The molecular weight excluding hydrogens is 459 g/mol. The van der Waals surface area contributed by atoms with E-state index in [0.29, 0.717) is 31.1 Å². The Balaban J connectivity index is 1.40. The number of amides is 1. The number of carbonyl (C=O) groups is 1. The molecule has 2 aromatic rings. The quantitative estimate of drug-likeness (QED) is 0.648. The van der Waals surface area contributed by atoms with Crippen molar-refractivity contribution in [2.24, 2.45) is 11.8 Å². The Hall–Kier alpha value is -3.05. The van der Waals surface area contributed by atoms with Gasteiger partial charge in [-0.15, -0.1) is 0 Å². The van der Waals surface area contributed by atoms with E-state index >= 15 is 0 Å². The molecule has 0 spiro atoms. The Morgan fingerprint density at radius 1 is 1.18 bits per heavy atom.